The van der Waals surface area contributed by atoms with E-state index in [9.17, 15) is 0 Å². The van der Waals surface area contributed by atoms with Gasteiger partial charge in [0.05, 0.1) is 6.10 Å². The van der Waals surface area contributed by atoms with Gasteiger partial charge >= 0.3 is 0 Å². The third-order valence-corrected chi connectivity index (χ3v) is 2.70. The van der Waals surface area contributed by atoms with Crippen molar-refractivity contribution < 1.29 is 4.74 Å². The van der Waals surface area contributed by atoms with Crippen molar-refractivity contribution in [3.63, 3.8) is 0 Å². The molecule has 78 valence electrons. The Morgan fingerprint density at radius 3 is 2.77 bits per heavy atom. The maximum absolute atomic E-state index is 5.69. The minimum absolute atomic E-state index is 0.596. The smallest absolute Gasteiger partial charge is 0.0575 e. The first-order chi connectivity index (χ1) is 6.33. The van der Waals surface area contributed by atoms with Crippen LogP contribution in [0.4, 0.5) is 0 Å². The third-order valence-electron chi connectivity index (χ3n) is 2.70. The van der Waals surface area contributed by atoms with E-state index in [1.807, 2.05) is 0 Å². The largest absolute Gasteiger partial charge is 0.378 e. The van der Waals surface area contributed by atoms with Crippen LogP contribution in [0.2, 0.25) is 0 Å². The number of hydrogen-bond donors (Lipinski definition) is 1. The van der Waals surface area contributed by atoms with Gasteiger partial charge in [-0.2, -0.15) is 0 Å². The monoisotopic (exact) mass is 185 g/mol. The molecule has 0 amide bonds. The number of nitrogens with one attached hydrogen (secondary N) is 1. The van der Waals surface area contributed by atoms with Crippen molar-refractivity contribution >= 4 is 0 Å². The van der Waals surface area contributed by atoms with Gasteiger partial charge in [0, 0.05) is 12.6 Å². The van der Waals surface area contributed by atoms with Gasteiger partial charge < -0.3 is 10.1 Å². The van der Waals surface area contributed by atoms with E-state index in [1.54, 1.807) is 0 Å². The van der Waals surface area contributed by atoms with Gasteiger partial charge in [-0.1, -0.05) is 6.92 Å². The van der Waals surface area contributed by atoms with Gasteiger partial charge in [0.15, 0.2) is 0 Å². The lowest BCUT2D eigenvalue weighted by Crippen LogP contribution is -2.29. The average molecular weight is 185 g/mol. The fourth-order valence-electron chi connectivity index (χ4n) is 1.44. The number of hydrogen-bond acceptors (Lipinski definition) is 2. The second-order valence-electron chi connectivity index (χ2n) is 4.07. The van der Waals surface area contributed by atoms with Gasteiger partial charge in [0.2, 0.25) is 0 Å². The summed E-state index contributed by atoms with van der Waals surface area (Å²) in [5.74, 6) is 0. The Morgan fingerprint density at radius 1 is 1.46 bits per heavy atom. The van der Waals surface area contributed by atoms with Crippen molar-refractivity contribution in [2.75, 3.05) is 13.2 Å². The highest BCUT2D eigenvalue weighted by molar-refractivity contribution is 4.69. The molecule has 13 heavy (non-hydrogen) atoms. The highest BCUT2D eigenvalue weighted by Crippen LogP contribution is 2.21. The molecule has 0 radical (unpaired) electrons. The summed E-state index contributed by atoms with van der Waals surface area (Å²) in [4.78, 5) is 0. The molecular formula is C11H23NO. The van der Waals surface area contributed by atoms with Crippen LogP contribution >= 0.6 is 0 Å². The van der Waals surface area contributed by atoms with E-state index >= 15 is 0 Å². The first-order valence-corrected chi connectivity index (χ1v) is 5.68. The van der Waals surface area contributed by atoms with E-state index in [0.29, 0.717) is 12.1 Å². The predicted octanol–water partition coefficient (Wildman–Crippen LogP) is 2.33. The van der Waals surface area contributed by atoms with Gasteiger partial charge in [-0.15, -0.1) is 0 Å². The Morgan fingerprint density at radius 2 is 2.23 bits per heavy atom. The van der Waals surface area contributed by atoms with Gasteiger partial charge in [-0.3, -0.25) is 0 Å². The molecule has 0 saturated heterocycles. The molecule has 0 aromatic carbocycles. The summed E-state index contributed by atoms with van der Waals surface area (Å²) < 4.78 is 5.69. The molecule has 2 heteroatoms. The van der Waals surface area contributed by atoms with Crippen LogP contribution in [0.3, 0.4) is 0 Å². The van der Waals surface area contributed by atoms with E-state index in [2.05, 4.69) is 19.2 Å². The van der Waals surface area contributed by atoms with E-state index in [4.69, 9.17) is 4.74 Å². The zero-order chi connectivity index (χ0) is 9.52. The van der Waals surface area contributed by atoms with Crippen LogP contribution in [-0.4, -0.2) is 25.3 Å². The molecule has 0 aliphatic heterocycles. The van der Waals surface area contributed by atoms with Crippen molar-refractivity contribution in [2.45, 2.75) is 58.1 Å². The Bertz CT molecular complexity index is 123. The van der Waals surface area contributed by atoms with Crippen molar-refractivity contribution in [2.24, 2.45) is 0 Å². The second kappa shape index (κ2) is 6.39. The van der Waals surface area contributed by atoms with Gasteiger partial charge in [-0.05, 0) is 45.6 Å². The summed E-state index contributed by atoms with van der Waals surface area (Å²) in [6.45, 7) is 6.50. The van der Waals surface area contributed by atoms with Gasteiger partial charge in [0.1, 0.15) is 0 Å². The van der Waals surface area contributed by atoms with Crippen LogP contribution < -0.4 is 5.32 Å². The predicted molar refractivity (Wildman–Crippen MR) is 56.0 cm³/mol. The number of rotatable bonds is 7. The lowest BCUT2D eigenvalue weighted by molar-refractivity contribution is -0.00111. The standard InChI is InChI=1S/C11H23NO/c1-3-8-12-10(2)7-9-13-11-5-4-6-11/h10-12H,3-9H2,1-2H3. The van der Waals surface area contributed by atoms with Crippen LogP contribution in [0.1, 0.15) is 46.0 Å². The first-order valence-electron chi connectivity index (χ1n) is 5.68. The molecule has 1 unspecified atom stereocenters. The maximum Gasteiger partial charge on any atom is 0.0575 e. The quantitative estimate of drug-likeness (QED) is 0.657. The van der Waals surface area contributed by atoms with Crippen LogP contribution in [0.5, 0.6) is 0 Å². The van der Waals surface area contributed by atoms with Crippen molar-refractivity contribution in [1.29, 1.82) is 0 Å². The van der Waals surface area contributed by atoms with E-state index in [0.717, 1.165) is 19.6 Å². The van der Waals surface area contributed by atoms with E-state index < -0.39 is 0 Å². The average Bonchev–Trinajstić information content (AvgIpc) is 2.06. The zero-order valence-electron chi connectivity index (χ0n) is 9.01. The summed E-state index contributed by atoms with van der Waals surface area (Å²) in [5.41, 5.74) is 0. The molecule has 1 rings (SSSR count). The highest BCUT2D eigenvalue weighted by atomic mass is 16.5. The van der Waals surface area contributed by atoms with Crippen molar-refractivity contribution in [3.05, 3.63) is 0 Å². The molecule has 0 aromatic heterocycles. The Kier molecular flexibility index (Phi) is 5.40. The molecule has 2 nitrogen and oxygen atoms in total. The minimum atomic E-state index is 0.596. The lowest BCUT2D eigenvalue weighted by atomic mass is 9.96. The molecular weight excluding hydrogens is 162 g/mol. The molecule has 1 aliphatic rings. The maximum atomic E-state index is 5.69. The van der Waals surface area contributed by atoms with Gasteiger partial charge in [0.25, 0.3) is 0 Å². The zero-order valence-corrected chi connectivity index (χ0v) is 9.01. The molecule has 0 aromatic rings. The molecule has 1 N–H and O–H groups in total. The number of ether oxygens (including phenoxy) is 1. The van der Waals surface area contributed by atoms with Gasteiger partial charge in [-0.25, -0.2) is 0 Å². The van der Waals surface area contributed by atoms with E-state index in [-0.39, 0.29) is 0 Å². The normalized spacial score (nSPS) is 19.8. The molecule has 1 saturated carbocycles. The first kappa shape index (κ1) is 11.0. The molecule has 0 heterocycles. The molecule has 1 atom stereocenters. The van der Waals surface area contributed by atoms with Crippen LogP contribution in [0, 0.1) is 0 Å². The van der Waals surface area contributed by atoms with Crippen LogP contribution in [0.15, 0.2) is 0 Å². The summed E-state index contributed by atoms with van der Waals surface area (Å²) in [7, 11) is 0. The summed E-state index contributed by atoms with van der Waals surface area (Å²) in [6.07, 6.45) is 6.91. The van der Waals surface area contributed by atoms with Crippen molar-refractivity contribution in [3.8, 4) is 0 Å². The Balaban J connectivity index is 1.85. The fourth-order valence-corrected chi connectivity index (χ4v) is 1.44. The topological polar surface area (TPSA) is 21.3 Å². The van der Waals surface area contributed by atoms with Crippen molar-refractivity contribution in [1.82, 2.24) is 5.32 Å². The molecule has 1 aliphatic carbocycles. The molecule has 0 spiro atoms. The third kappa shape index (κ3) is 4.63. The Labute approximate surface area is 82.0 Å². The molecule has 0 bridgehead atoms. The summed E-state index contributed by atoms with van der Waals surface area (Å²) in [5, 5.41) is 3.46. The summed E-state index contributed by atoms with van der Waals surface area (Å²) >= 11 is 0. The van der Waals surface area contributed by atoms with E-state index in [1.165, 1.54) is 25.7 Å². The second-order valence-corrected chi connectivity index (χ2v) is 4.07. The van der Waals surface area contributed by atoms with Crippen LogP contribution in [-0.2, 0) is 4.74 Å². The Hall–Kier alpha value is -0.0800. The fraction of sp³-hybridized carbons (Fsp3) is 1.00. The minimum Gasteiger partial charge on any atom is -0.378 e. The van der Waals surface area contributed by atoms with Crippen LogP contribution in [0.25, 0.3) is 0 Å². The lowest BCUT2D eigenvalue weighted by Gasteiger charge is -2.26. The SMILES string of the molecule is CCCNC(C)CCOC1CCC1. The highest BCUT2D eigenvalue weighted by Gasteiger charge is 2.17. The summed E-state index contributed by atoms with van der Waals surface area (Å²) in [6, 6.07) is 0.611. The molecule has 1 fully saturated rings.